The predicted molar refractivity (Wildman–Crippen MR) is 87.3 cm³/mol. The van der Waals surface area contributed by atoms with Gasteiger partial charge in [-0.1, -0.05) is 18.2 Å². The van der Waals surface area contributed by atoms with Crippen molar-refractivity contribution in [3.05, 3.63) is 76.0 Å². The van der Waals surface area contributed by atoms with Gasteiger partial charge in [0.1, 0.15) is 6.17 Å². The third kappa shape index (κ3) is 2.15. The molecule has 1 aliphatic rings. The number of hydrogen-bond donors (Lipinski definition) is 1. The lowest BCUT2D eigenvalue weighted by molar-refractivity contribution is -0.384. The predicted octanol–water partition coefficient (Wildman–Crippen LogP) is 3.74. The highest BCUT2D eigenvalue weighted by atomic mass is 16.6. The van der Waals surface area contributed by atoms with Gasteiger partial charge in [-0.3, -0.25) is 10.1 Å². The average Bonchev–Trinajstić information content (AvgIpc) is 2.96. The molecule has 2 aromatic carbocycles. The van der Waals surface area contributed by atoms with Crippen LogP contribution in [0.1, 0.15) is 17.4 Å². The molecule has 0 saturated heterocycles. The molecule has 114 valence electrons. The summed E-state index contributed by atoms with van der Waals surface area (Å²) < 4.78 is 1.93. The van der Waals surface area contributed by atoms with Crippen molar-refractivity contribution in [1.29, 1.82) is 0 Å². The van der Waals surface area contributed by atoms with E-state index < -0.39 is 4.92 Å². The van der Waals surface area contributed by atoms with E-state index in [4.69, 9.17) is 0 Å². The molecule has 0 spiro atoms. The lowest BCUT2D eigenvalue weighted by atomic mass is 10.0. The molecule has 1 aliphatic heterocycles. The van der Waals surface area contributed by atoms with Crippen LogP contribution in [0.15, 0.2) is 54.6 Å². The molecule has 0 bridgehead atoms. The number of non-ortho nitro benzene ring substituents is 1. The molecule has 3 aromatic rings. The number of nitro groups is 1. The molecule has 1 aromatic heterocycles. The van der Waals surface area contributed by atoms with E-state index in [9.17, 15) is 10.1 Å². The monoisotopic (exact) mass is 306 g/mol. The van der Waals surface area contributed by atoms with Crippen molar-refractivity contribution in [3.63, 3.8) is 0 Å². The minimum Gasteiger partial charge on any atom is -0.359 e. The smallest absolute Gasteiger partial charge is 0.269 e. The zero-order chi connectivity index (χ0) is 16.0. The van der Waals surface area contributed by atoms with Crippen LogP contribution in [0.25, 0.3) is 11.3 Å². The normalized spacial score (nSPS) is 15.4. The van der Waals surface area contributed by atoms with Gasteiger partial charge in [-0.05, 0) is 36.8 Å². The number of nitrogens with one attached hydrogen (secondary N) is 1. The molecule has 1 unspecified atom stereocenters. The van der Waals surface area contributed by atoms with Crippen molar-refractivity contribution in [2.75, 3.05) is 5.32 Å². The van der Waals surface area contributed by atoms with E-state index in [2.05, 4.69) is 22.5 Å². The molecular weight excluding hydrogens is 292 g/mol. The molecular formula is C17H14N4O2. The Balaban J connectivity index is 1.83. The molecule has 0 aliphatic carbocycles. The van der Waals surface area contributed by atoms with Crippen LogP contribution in [-0.2, 0) is 0 Å². The van der Waals surface area contributed by atoms with Crippen LogP contribution < -0.4 is 5.32 Å². The third-order valence-corrected chi connectivity index (χ3v) is 4.02. The Morgan fingerprint density at radius 2 is 1.91 bits per heavy atom. The standard InChI is InChI=1S/C17H14N4O2/c1-11-10-16-14-4-2-3-5-15(14)18-17(20(16)19-11)12-6-8-13(9-7-12)21(22)23/h2-10,17-18H,1H3. The van der Waals surface area contributed by atoms with Crippen LogP contribution in [0, 0.1) is 17.0 Å². The van der Waals surface area contributed by atoms with E-state index in [0.717, 1.165) is 28.2 Å². The molecule has 4 rings (SSSR count). The van der Waals surface area contributed by atoms with Crippen LogP contribution in [0.5, 0.6) is 0 Å². The highest BCUT2D eigenvalue weighted by Crippen LogP contribution is 2.38. The molecule has 0 fully saturated rings. The van der Waals surface area contributed by atoms with Crippen LogP contribution >= 0.6 is 0 Å². The van der Waals surface area contributed by atoms with Crippen LogP contribution in [0.2, 0.25) is 0 Å². The van der Waals surface area contributed by atoms with Crippen LogP contribution in [0.4, 0.5) is 11.4 Å². The SMILES string of the molecule is Cc1cc2n(n1)C(c1ccc([N+](=O)[O-])cc1)Nc1ccccc1-2. The van der Waals surface area contributed by atoms with Crippen molar-refractivity contribution in [1.82, 2.24) is 9.78 Å². The zero-order valence-corrected chi connectivity index (χ0v) is 12.4. The molecule has 6 heteroatoms. The van der Waals surface area contributed by atoms with Gasteiger partial charge in [0, 0.05) is 23.4 Å². The molecule has 1 N–H and O–H groups in total. The number of rotatable bonds is 2. The van der Waals surface area contributed by atoms with Gasteiger partial charge < -0.3 is 5.32 Å². The van der Waals surface area contributed by atoms with Gasteiger partial charge in [0.2, 0.25) is 0 Å². The number of aryl methyl sites for hydroxylation is 1. The largest absolute Gasteiger partial charge is 0.359 e. The minimum atomic E-state index is -0.392. The number of nitrogens with zero attached hydrogens (tertiary/aromatic N) is 3. The second kappa shape index (κ2) is 4.95. The van der Waals surface area contributed by atoms with Gasteiger partial charge in [0.25, 0.3) is 5.69 Å². The Bertz CT molecular complexity index is 899. The fourth-order valence-corrected chi connectivity index (χ4v) is 2.96. The first-order valence-electron chi connectivity index (χ1n) is 7.30. The van der Waals surface area contributed by atoms with Gasteiger partial charge in [0.05, 0.1) is 16.3 Å². The number of para-hydroxylation sites is 1. The fourth-order valence-electron chi connectivity index (χ4n) is 2.96. The second-order valence-corrected chi connectivity index (χ2v) is 5.56. The quantitative estimate of drug-likeness (QED) is 0.578. The maximum absolute atomic E-state index is 10.8. The topological polar surface area (TPSA) is 73.0 Å². The summed E-state index contributed by atoms with van der Waals surface area (Å²) in [5, 5.41) is 18.9. The Morgan fingerprint density at radius 3 is 2.65 bits per heavy atom. The Hall–Kier alpha value is -3.15. The summed E-state index contributed by atoms with van der Waals surface area (Å²) in [6.45, 7) is 1.96. The lowest BCUT2D eigenvalue weighted by Gasteiger charge is -2.29. The summed E-state index contributed by atoms with van der Waals surface area (Å²) in [4.78, 5) is 10.4. The molecule has 0 amide bonds. The average molecular weight is 306 g/mol. The van der Waals surface area contributed by atoms with Gasteiger partial charge >= 0.3 is 0 Å². The van der Waals surface area contributed by atoms with Crippen molar-refractivity contribution in [3.8, 4) is 11.3 Å². The molecule has 1 atom stereocenters. The van der Waals surface area contributed by atoms with Crippen molar-refractivity contribution >= 4 is 11.4 Å². The maximum atomic E-state index is 10.8. The maximum Gasteiger partial charge on any atom is 0.269 e. The van der Waals surface area contributed by atoms with E-state index in [1.807, 2.05) is 29.8 Å². The van der Waals surface area contributed by atoms with E-state index >= 15 is 0 Å². The summed E-state index contributed by atoms with van der Waals surface area (Å²) in [5.74, 6) is 0. The summed E-state index contributed by atoms with van der Waals surface area (Å²) in [5.41, 5.74) is 5.12. The van der Waals surface area contributed by atoms with E-state index in [-0.39, 0.29) is 11.9 Å². The van der Waals surface area contributed by atoms with E-state index in [1.54, 1.807) is 12.1 Å². The first-order valence-corrected chi connectivity index (χ1v) is 7.30. The van der Waals surface area contributed by atoms with Gasteiger partial charge in [0.15, 0.2) is 0 Å². The number of hydrogen-bond acceptors (Lipinski definition) is 4. The molecule has 6 nitrogen and oxygen atoms in total. The fraction of sp³-hybridized carbons (Fsp3) is 0.118. The van der Waals surface area contributed by atoms with Gasteiger partial charge in [-0.2, -0.15) is 5.10 Å². The van der Waals surface area contributed by atoms with Crippen molar-refractivity contribution in [2.45, 2.75) is 13.1 Å². The van der Waals surface area contributed by atoms with Gasteiger partial charge in [-0.15, -0.1) is 0 Å². The highest BCUT2D eigenvalue weighted by molar-refractivity contribution is 5.78. The number of nitro benzene ring substituents is 1. The molecule has 0 saturated carbocycles. The second-order valence-electron chi connectivity index (χ2n) is 5.56. The minimum absolute atomic E-state index is 0.0850. The number of benzene rings is 2. The van der Waals surface area contributed by atoms with Gasteiger partial charge in [-0.25, -0.2) is 4.68 Å². The highest BCUT2D eigenvalue weighted by Gasteiger charge is 2.26. The van der Waals surface area contributed by atoms with E-state index in [1.165, 1.54) is 12.1 Å². The Labute approximate surface area is 132 Å². The summed E-state index contributed by atoms with van der Waals surface area (Å²) >= 11 is 0. The Kier molecular flexibility index (Phi) is 2.90. The lowest BCUT2D eigenvalue weighted by Crippen LogP contribution is -2.25. The van der Waals surface area contributed by atoms with Crippen LogP contribution in [0.3, 0.4) is 0 Å². The first-order chi connectivity index (χ1) is 11.1. The van der Waals surface area contributed by atoms with Crippen molar-refractivity contribution < 1.29 is 4.92 Å². The number of aromatic nitrogens is 2. The number of anilines is 1. The molecule has 0 radical (unpaired) electrons. The summed E-state index contributed by atoms with van der Waals surface area (Å²) in [7, 11) is 0. The molecule has 2 heterocycles. The Morgan fingerprint density at radius 1 is 1.17 bits per heavy atom. The first kappa shape index (κ1) is 13.5. The zero-order valence-electron chi connectivity index (χ0n) is 12.4. The summed E-state index contributed by atoms with van der Waals surface area (Å²) in [6, 6.07) is 16.7. The van der Waals surface area contributed by atoms with Crippen molar-refractivity contribution in [2.24, 2.45) is 0 Å². The number of fused-ring (bicyclic) bond motifs is 3. The third-order valence-electron chi connectivity index (χ3n) is 4.02. The summed E-state index contributed by atoms with van der Waals surface area (Å²) in [6.07, 6.45) is -0.186. The van der Waals surface area contributed by atoms with E-state index in [0.29, 0.717) is 0 Å². The molecule has 23 heavy (non-hydrogen) atoms. The van der Waals surface area contributed by atoms with Crippen LogP contribution in [-0.4, -0.2) is 14.7 Å².